The van der Waals surface area contributed by atoms with Crippen LogP contribution in [0.2, 0.25) is 0 Å². The Kier molecular flexibility index (Phi) is 7.26. The lowest BCUT2D eigenvalue weighted by Crippen LogP contribution is -2.40. The SMILES string of the molecule is CC(C)c1cccc(C(C)C)c1NC(=O)N(Cc1cccnc1)CC1CCCO1. The van der Waals surface area contributed by atoms with Crippen molar-refractivity contribution in [3.63, 3.8) is 0 Å². The number of hydrogen-bond donors (Lipinski definition) is 1. The van der Waals surface area contributed by atoms with Gasteiger partial charge in [0.15, 0.2) is 0 Å². The lowest BCUT2D eigenvalue weighted by atomic mass is 9.93. The van der Waals surface area contributed by atoms with Gasteiger partial charge in [0.2, 0.25) is 0 Å². The van der Waals surface area contributed by atoms with Gasteiger partial charge in [0.1, 0.15) is 0 Å². The highest BCUT2D eigenvalue weighted by Gasteiger charge is 2.24. The highest BCUT2D eigenvalue weighted by Crippen LogP contribution is 2.32. The summed E-state index contributed by atoms with van der Waals surface area (Å²) in [6.45, 7) is 10.5. The second kappa shape index (κ2) is 9.88. The molecule has 3 rings (SSSR count). The molecule has 1 aliphatic rings. The molecule has 156 valence electrons. The Morgan fingerprint density at radius 1 is 1.17 bits per heavy atom. The number of nitrogens with zero attached hydrogens (tertiary/aromatic N) is 2. The van der Waals surface area contributed by atoms with Crippen molar-refractivity contribution in [1.82, 2.24) is 9.88 Å². The van der Waals surface area contributed by atoms with Crippen LogP contribution < -0.4 is 5.32 Å². The van der Waals surface area contributed by atoms with Crippen molar-refractivity contribution in [3.8, 4) is 0 Å². The summed E-state index contributed by atoms with van der Waals surface area (Å²) in [5, 5.41) is 3.25. The third kappa shape index (κ3) is 5.57. The minimum atomic E-state index is -0.0839. The molecule has 2 aromatic rings. The molecule has 1 aliphatic heterocycles. The first-order valence-corrected chi connectivity index (χ1v) is 10.6. The zero-order valence-corrected chi connectivity index (χ0v) is 18.0. The second-order valence-electron chi connectivity index (χ2n) is 8.43. The van der Waals surface area contributed by atoms with Crippen LogP contribution in [0.3, 0.4) is 0 Å². The van der Waals surface area contributed by atoms with Crippen molar-refractivity contribution in [2.45, 2.75) is 65.0 Å². The maximum absolute atomic E-state index is 13.4. The predicted octanol–water partition coefficient (Wildman–Crippen LogP) is 5.54. The molecule has 0 saturated carbocycles. The number of amides is 2. The average molecular weight is 396 g/mol. The smallest absolute Gasteiger partial charge is 0.322 e. The maximum Gasteiger partial charge on any atom is 0.322 e. The first kappa shape index (κ1) is 21.3. The number of nitrogens with one attached hydrogen (secondary N) is 1. The largest absolute Gasteiger partial charge is 0.376 e. The molecule has 0 spiro atoms. The Bertz CT molecular complexity index is 773. The standard InChI is InChI=1S/C24H33N3O2/c1-17(2)21-10-5-11-22(18(3)4)23(21)26-24(28)27(16-20-9-7-13-29-20)15-19-8-6-12-25-14-19/h5-6,8,10-12,14,17-18,20H,7,9,13,15-16H2,1-4H3,(H,26,28). The second-order valence-corrected chi connectivity index (χ2v) is 8.43. The van der Waals surface area contributed by atoms with Crippen molar-refractivity contribution in [2.24, 2.45) is 0 Å². The van der Waals surface area contributed by atoms with Crippen LogP contribution in [0, 0.1) is 0 Å². The monoisotopic (exact) mass is 395 g/mol. The van der Waals surface area contributed by atoms with E-state index in [4.69, 9.17) is 4.74 Å². The van der Waals surface area contributed by atoms with E-state index in [1.807, 2.05) is 23.2 Å². The van der Waals surface area contributed by atoms with E-state index in [0.29, 0.717) is 24.9 Å². The van der Waals surface area contributed by atoms with Crippen LogP contribution in [0.4, 0.5) is 10.5 Å². The van der Waals surface area contributed by atoms with Crippen molar-refractivity contribution in [3.05, 3.63) is 59.4 Å². The van der Waals surface area contributed by atoms with Crippen LogP contribution in [-0.2, 0) is 11.3 Å². The molecule has 1 N–H and O–H groups in total. The number of carbonyl (C=O) groups is 1. The summed E-state index contributed by atoms with van der Waals surface area (Å²) in [6, 6.07) is 10.1. The van der Waals surface area contributed by atoms with Gasteiger partial charge in [-0.2, -0.15) is 0 Å². The van der Waals surface area contributed by atoms with E-state index in [0.717, 1.165) is 30.7 Å². The molecule has 1 unspecified atom stereocenters. The lowest BCUT2D eigenvalue weighted by Gasteiger charge is -2.28. The molecule has 1 saturated heterocycles. The minimum absolute atomic E-state index is 0.0839. The number of benzene rings is 1. The molecular formula is C24H33N3O2. The molecule has 0 bridgehead atoms. The summed E-state index contributed by atoms with van der Waals surface area (Å²) in [5.74, 6) is 0.655. The number of ether oxygens (including phenoxy) is 1. The molecule has 0 radical (unpaired) electrons. The summed E-state index contributed by atoms with van der Waals surface area (Å²) in [4.78, 5) is 19.4. The summed E-state index contributed by atoms with van der Waals surface area (Å²) in [5.41, 5.74) is 4.30. The van der Waals surface area contributed by atoms with Gasteiger partial charge in [-0.3, -0.25) is 4.98 Å². The maximum atomic E-state index is 13.4. The van der Waals surface area contributed by atoms with Gasteiger partial charge >= 0.3 is 6.03 Å². The number of urea groups is 1. The Morgan fingerprint density at radius 2 is 1.90 bits per heavy atom. The molecule has 1 aromatic carbocycles. The van der Waals surface area contributed by atoms with Gasteiger partial charge in [-0.15, -0.1) is 0 Å². The number of carbonyl (C=O) groups excluding carboxylic acids is 1. The van der Waals surface area contributed by atoms with Crippen molar-refractivity contribution < 1.29 is 9.53 Å². The van der Waals surface area contributed by atoms with Crippen molar-refractivity contribution in [2.75, 3.05) is 18.5 Å². The minimum Gasteiger partial charge on any atom is -0.376 e. The molecule has 5 heteroatoms. The van der Waals surface area contributed by atoms with Crippen LogP contribution in [0.15, 0.2) is 42.7 Å². The van der Waals surface area contributed by atoms with Crippen molar-refractivity contribution >= 4 is 11.7 Å². The quantitative estimate of drug-likeness (QED) is 0.669. The average Bonchev–Trinajstić information content (AvgIpc) is 3.21. The van der Waals surface area contributed by atoms with E-state index < -0.39 is 0 Å². The number of pyridine rings is 1. The fraction of sp³-hybridized carbons (Fsp3) is 0.500. The van der Waals surface area contributed by atoms with E-state index in [1.54, 1.807) is 6.20 Å². The van der Waals surface area contributed by atoms with Gasteiger partial charge in [0, 0.05) is 37.8 Å². The zero-order valence-electron chi connectivity index (χ0n) is 18.0. The molecule has 2 amide bonds. The van der Waals surface area contributed by atoms with Gasteiger partial charge in [-0.25, -0.2) is 4.79 Å². The van der Waals surface area contributed by atoms with E-state index in [9.17, 15) is 4.79 Å². The van der Waals surface area contributed by atoms with E-state index in [1.165, 1.54) is 11.1 Å². The predicted molar refractivity (Wildman–Crippen MR) is 117 cm³/mol. The van der Waals surface area contributed by atoms with Crippen LogP contribution in [0.25, 0.3) is 0 Å². The Balaban J connectivity index is 1.85. The third-order valence-electron chi connectivity index (χ3n) is 5.44. The topological polar surface area (TPSA) is 54.5 Å². The van der Waals surface area contributed by atoms with E-state index in [2.05, 4.69) is 56.2 Å². The number of anilines is 1. The Labute approximate surface area is 174 Å². The Hall–Kier alpha value is -2.40. The van der Waals surface area contributed by atoms with Gasteiger partial charge in [-0.05, 0) is 47.4 Å². The fourth-order valence-electron chi connectivity index (χ4n) is 3.85. The summed E-state index contributed by atoms with van der Waals surface area (Å²) >= 11 is 0. The Morgan fingerprint density at radius 3 is 2.45 bits per heavy atom. The number of para-hydroxylation sites is 1. The van der Waals surface area contributed by atoms with E-state index in [-0.39, 0.29) is 12.1 Å². The first-order valence-electron chi connectivity index (χ1n) is 10.6. The first-order chi connectivity index (χ1) is 14.0. The van der Waals surface area contributed by atoms with Crippen LogP contribution >= 0.6 is 0 Å². The highest BCUT2D eigenvalue weighted by atomic mass is 16.5. The van der Waals surface area contributed by atoms with Gasteiger partial charge < -0.3 is 15.0 Å². The molecule has 0 aliphatic carbocycles. The summed E-state index contributed by atoms with van der Waals surface area (Å²) in [7, 11) is 0. The van der Waals surface area contributed by atoms with Gasteiger partial charge in [0.25, 0.3) is 0 Å². The molecule has 29 heavy (non-hydrogen) atoms. The van der Waals surface area contributed by atoms with Crippen molar-refractivity contribution in [1.29, 1.82) is 0 Å². The molecular weight excluding hydrogens is 362 g/mol. The lowest BCUT2D eigenvalue weighted by molar-refractivity contribution is 0.0819. The number of hydrogen-bond acceptors (Lipinski definition) is 3. The fourth-order valence-corrected chi connectivity index (χ4v) is 3.85. The molecule has 1 aromatic heterocycles. The molecule has 5 nitrogen and oxygen atoms in total. The zero-order chi connectivity index (χ0) is 20.8. The third-order valence-corrected chi connectivity index (χ3v) is 5.44. The molecule has 1 atom stereocenters. The van der Waals surface area contributed by atoms with Gasteiger partial charge in [0.05, 0.1) is 6.10 Å². The number of rotatable bonds is 7. The number of aromatic nitrogens is 1. The molecule has 1 fully saturated rings. The van der Waals surface area contributed by atoms with Crippen LogP contribution in [0.1, 0.15) is 69.1 Å². The van der Waals surface area contributed by atoms with Crippen LogP contribution in [-0.4, -0.2) is 35.2 Å². The summed E-state index contributed by atoms with van der Waals surface area (Å²) in [6.07, 6.45) is 5.72. The highest BCUT2D eigenvalue weighted by molar-refractivity contribution is 5.91. The normalized spacial score (nSPS) is 16.4. The summed E-state index contributed by atoms with van der Waals surface area (Å²) < 4.78 is 5.81. The molecule has 2 heterocycles. The van der Waals surface area contributed by atoms with Crippen LogP contribution in [0.5, 0.6) is 0 Å². The van der Waals surface area contributed by atoms with E-state index >= 15 is 0 Å². The van der Waals surface area contributed by atoms with Gasteiger partial charge in [-0.1, -0.05) is 52.0 Å².